The van der Waals surface area contributed by atoms with E-state index in [9.17, 15) is 4.39 Å². The van der Waals surface area contributed by atoms with Crippen LogP contribution >= 0.6 is 0 Å². The van der Waals surface area contributed by atoms with Gasteiger partial charge < -0.3 is 15.0 Å². The summed E-state index contributed by atoms with van der Waals surface area (Å²) in [7, 11) is 3.51. The summed E-state index contributed by atoms with van der Waals surface area (Å²) in [5.41, 5.74) is 4.32. The second-order valence-corrected chi connectivity index (χ2v) is 7.61. The van der Waals surface area contributed by atoms with Gasteiger partial charge in [-0.2, -0.15) is 4.98 Å². The minimum atomic E-state index is -0.845. The lowest BCUT2D eigenvalue weighted by atomic mass is 10.1. The number of alkyl halides is 1. The fourth-order valence-electron chi connectivity index (χ4n) is 4.02. The first-order valence-corrected chi connectivity index (χ1v) is 9.83. The van der Waals surface area contributed by atoms with E-state index in [0.717, 1.165) is 27.7 Å². The highest BCUT2D eigenvalue weighted by Crippen LogP contribution is 2.32. The lowest BCUT2D eigenvalue weighted by Gasteiger charge is -2.14. The van der Waals surface area contributed by atoms with Gasteiger partial charge in [-0.1, -0.05) is 6.07 Å². The number of nitrogens with one attached hydrogen (secondary N) is 1. The van der Waals surface area contributed by atoms with Crippen molar-refractivity contribution in [2.24, 2.45) is 5.92 Å². The van der Waals surface area contributed by atoms with E-state index >= 15 is 0 Å². The number of rotatable bonds is 5. The first-order valence-electron chi connectivity index (χ1n) is 9.83. The summed E-state index contributed by atoms with van der Waals surface area (Å²) < 4.78 is 21.4. The Balaban J connectivity index is 1.48. The molecule has 0 saturated carbocycles. The molecule has 154 valence electrons. The van der Waals surface area contributed by atoms with Crippen LogP contribution in [0.2, 0.25) is 0 Å². The third-order valence-corrected chi connectivity index (χ3v) is 5.52. The van der Waals surface area contributed by atoms with Crippen LogP contribution in [-0.2, 0) is 0 Å². The highest BCUT2D eigenvalue weighted by molar-refractivity contribution is 5.89. The second-order valence-electron chi connectivity index (χ2n) is 7.61. The van der Waals surface area contributed by atoms with Crippen LogP contribution in [0.4, 0.5) is 10.3 Å². The van der Waals surface area contributed by atoms with Gasteiger partial charge in [-0.3, -0.25) is 9.97 Å². The van der Waals surface area contributed by atoms with Crippen LogP contribution in [0, 0.1) is 5.92 Å². The molecule has 1 fully saturated rings. The van der Waals surface area contributed by atoms with Gasteiger partial charge in [0.05, 0.1) is 18.1 Å². The molecule has 1 aliphatic heterocycles. The van der Waals surface area contributed by atoms with Crippen LogP contribution in [0.15, 0.2) is 42.9 Å². The third-order valence-electron chi connectivity index (χ3n) is 5.52. The summed E-state index contributed by atoms with van der Waals surface area (Å²) in [4.78, 5) is 15.2. The maximum absolute atomic E-state index is 14.1. The van der Waals surface area contributed by atoms with Gasteiger partial charge in [-0.05, 0) is 30.8 Å². The number of hydrogen-bond donors (Lipinski definition) is 1. The number of halogens is 1. The van der Waals surface area contributed by atoms with Gasteiger partial charge in [0.15, 0.2) is 0 Å². The summed E-state index contributed by atoms with van der Waals surface area (Å²) in [6, 6.07) is 7.89. The average molecular weight is 407 g/mol. The summed E-state index contributed by atoms with van der Waals surface area (Å²) in [6.07, 6.45) is 4.37. The van der Waals surface area contributed by atoms with Crippen molar-refractivity contribution in [2.45, 2.75) is 6.17 Å². The molecule has 8 nitrogen and oxygen atoms in total. The van der Waals surface area contributed by atoms with E-state index in [-0.39, 0.29) is 5.92 Å². The first kappa shape index (κ1) is 18.7. The van der Waals surface area contributed by atoms with Crippen molar-refractivity contribution in [3.05, 3.63) is 42.9 Å². The molecule has 1 aliphatic rings. The molecule has 0 radical (unpaired) electrons. The van der Waals surface area contributed by atoms with E-state index < -0.39 is 6.17 Å². The molecular formula is C21H22FN7O. The second kappa shape index (κ2) is 7.49. The molecule has 9 heteroatoms. The SMILES string of the molecule is COc1nc(NC[C@H]2CN(C)C[C@H]2F)nn2ccc(-c3ccc4nccnc4c3)c12. The zero-order chi connectivity index (χ0) is 20.7. The molecule has 0 aliphatic carbocycles. The van der Waals surface area contributed by atoms with Crippen LogP contribution in [0.3, 0.4) is 0 Å². The molecule has 0 amide bonds. The van der Waals surface area contributed by atoms with Crippen molar-refractivity contribution in [1.82, 2.24) is 29.5 Å². The molecule has 4 aromatic rings. The van der Waals surface area contributed by atoms with Crippen molar-refractivity contribution in [2.75, 3.05) is 39.1 Å². The minimum Gasteiger partial charge on any atom is -0.479 e. The number of ether oxygens (including phenoxy) is 1. The summed E-state index contributed by atoms with van der Waals surface area (Å²) in [5.74, 6) is 0.777. The van der Waals surface area contributed by atoms with Gasteiger partial charge >= 0.3 is 0 Å². The number of nitrogens with zero attached hydrogens (tertiary/aromatic N) is 6. The maximum atomic E-state index is 14.1. The van der Waals surface area contributed by atoms with Gasteiger partial charge in [-0.15, -0.1) is 5.10 Å². The fraction of sp³-hybridized carbons (Fsp3) is 0.333. The topological polar surface area (TPSA) is 80.5 Å². The Morgan fingerprint density at radius 3 is 2.77 bits per heavy atom. The van der Waals surface area contributed by atoms with Crippen LogP contribution in [0.25, 0.3) is 27.7 Å². The normalized spacial score (nSPS) is 19.6. The molecule has 0 bridgehead atoms. The van der Waals surface area contributed by atoms with E-state index in [1.165, 1.54) is 0 Å². The molecule has 2 atom stereocenters. The predicted molar refractivity (Wildman–Crippen MR) is 112 cm³/mol. The Kier molecular flexibility index (Phi) is 4.66. The van der Waals surface area contributed by atoms with Crippen LogP contribution in [-0.4, -0.2) is 69.4 Å². The number of fused-ring (bicyclic) bond motifs is 2. The number of anilines is 1. The molecule has 1 N–H and O–H groups in total. The summed E-state index contributed by atoms with van der Waals surface area (Å²) in [5, 5.41) is 7.72. The Labute approximate surface area is 172 Å². The standard InChI is InChI=1S/C21H22FN7O/c1-28-11-14(16(22)12-28)10-25-21-26-20(30-2)19-15(5-8-29(19)27-21)13-3-4-17-18(9-13)24-7-6-23-17/h3-9,14,16H,10-12H2,1-2H3,(H,25,27)/t14-,16+/m0/s1. The van der Waals surface area contributed by atoms with Crippen LogP contribution < -0.4 is 10.1 Å². The van der Waals surface area contributed by atoms with E-state index in [1.54, 1.807) is 24.0 Å². The highest BCUT2D eigenvalue weighted by Gasteiger charge is 2.30. The minimum absolute atomic E-state index is 0.0841. The Bertz CT molecular complexity index is 1210. The molecule has 30 heavy (non-hydrogen) atoms. The number of aromatic nitrogens is 5. The summed E-state index contributed by atoms with van der Waals surface area (Å²) >= 11 is 0. The lowest BCUT2D eigenvalue weighted by Crippen LogP contribution is -2.24. The van der Waals surface area contributed by atoms with Gasteiger partial charge in [0.25, 0.3) is 0 Å². The zero-order valence-corrected chi connectivity index (χ0v) is 16.8. The molecule has 0 unspecified atom stereocenters. The van der Waals surface area contributed by atoms with Crippen molar-refractivity contribution in [1.29, 1.82) is 0 Å². The molecule has 5 rings (SSSR count). The Hall–Kier alpha value is -3.33. The maximum Gasteiger partial charge on any atom is 0.244 e. The van der Waals surface area contributed by atoms with Gasteiger partial charge in [-0.25, -0.2) is 8.91 Å². The number of likely N-dealkylation sites (tertiary alicyclic amines) is 1. The van der Waals surface area contributed by atoms with Gasteiger partial charge in [0, 0.05) is 49.7 Å². The number of hydrogen-bond acceptors (Lipinski definition) is 7. The van der Waals surface area contributed by atoms with Gasteiger partial charge in [0.2, 0.25) is 11.8 Å². The molecule has 4 heterocycles. The average Bonchev–Trinajstić information content (AvgIpc) is 3.33. The Morgan fingerprint density at radius 1 is 1.17 bits per heavy atom. The van der Waals surface area contributed by atoms with Crippen LogP contribution in [0.5, 0.6) is 5.88 Å². The van der Waals surface area contributed by atoms with E-state index in [4.69, 9.17) is 4.74 Å². The molecule has 1 saturated heterocycles. The molecular weight excluding hydrogens is 385 g/mol. The number of methoxy groups -OCH3 is 1. The van der Waals surface area contributed by atoms with E-state index in [0.29, 0.717) is 31.5 Å². The molecule has 1 aromatic carbocycles. The molecule has 3 aromatic heterocycles. The van der Waals surface area contributed by atoms with E-state index in [1.807, 2.05) is 42.4 Å². The fourth-order valence-corrected chi connectivity index (χ4v) is 4.02. The van der Waals surface area contributed by atoms with Crippen molar-refractivity contribution >= 4 is 22.5 Å². The zero-order valence-electron chi connectivity index (χ0n) is 16.8. The van der Waals surface area contributed by atoms with E-state index in [2.05, 4.69) is 25.4 Å². The Morgan fingerprint density at radius 2 is 2.00 bits per heavy atom. The third kappa shape index (κ3) is 3.30. The van der Waals surface area contributed by atoms with Crippen molar-refractivity contribution in [3.8, 4) is 17.0 Å². The highest BCUT2D eigenvalue weighted by atomic mass is 19.1. The largest absolute Gasteiger partial charge is 0.479 e. The van der Waals surface area contributed by atoms with Crippen molar-refractivity contribution < 1.29 is 9.13 Å². The smallest absolute Gasteiger partial charge is 0.244 e. The molecule has 0 spiro atoms. The quantitative estimate of drug-likeness (QED) is 0.545. The van der Waals surface area contributed by atoms with Gasteiger partial charge in [0.1, 0.15) is 11.7 Å². The van der Waals surface area contributed by atoms with Crippen molar-refractivity contribution in [3.63, 3.8) is 0 Å². The van der Waals surface area contributed by atoms with Crippen LogP contribution in [0.1, 0.15) is 0 Å². The lowest BCUT2D eigenvalue weighted by molar-refractivity contribution is 0.285. The monoisotopic (exact) mass is 407 g/mol. The number of benzene rings is 1. The summed E-state index contributed by atoms with van der Waals surface area (Å²) in [6.45, 7) is 1.65. The first-order chi connectivity index (χ1) is 14.6. The predicted octanol–water partition coefficient (Wildman–Crippen LogP) is 2.66.